The van der Waals surface area contributed by atoms with E-state index < -0.39 is 0 Å². The van der Waals surface area contributed by atoms with Crippen LogP contribution in [-0.2, 0) is 16.0 Å². The third kappa shape index (κ3) is 5.12. The van der Waals surface area contributed by atoms with E-state index in [1.54, 1.807) is 29.4 Å². The Morgan fingerprint density at radius 2 is 2.07 bits per heavy atom. The molecule has 27 heavy (non-hydrogen) atoms. The Kier molecular flexibility index (Phi) is 6.16. The number of aromatic nitrogens is 1. The largest absolute Gasteiger partial charge is 0.349 e. The summed E-state index contributed by atoms with van der Waals surface area (Å²) < 4.78 is 13.0. The van der Waals surface area contributed by atoms with Crippen molar-refractivity contribution in [2.45, 2.75) is 32.2 Å². The molecule has 1 aromatic heterocycles. The second-order valence-electron chi connectivity index (χ2n) is 7.00. The normalized spacial score (nSPS) is 18.0. The molecule has 2 heterocycles. The number of amides is 2. The Labute approximate surface area is 158 Å². The number of nitrogens with zero attached hydrogens (tertiary/aromatic N) is 2. The number of benzene rings is 1. The fraction of sp³-hybridized carbons (Fsp3) is 0.381. The van der Waals surface area contributed by atoms with Crippen molar-refractivity contribution in [3.8, 4) is 0 Å². The lowest BCUT2D eigenvalue weighted by Gasteiger charge is -2.32. The molecule has 142 valence electrons. The second-order valence-corrected chi connectivity index (χ2v) is 7.00. The highest BCUT2D eigenvalue weighted by Crippen LogP contribution is 2.20. The number of piperidine rings is 1. The molecular weight excluding hydrogens is 345 g/mol. The number of pyridine rings is 1. The van der Waals surface area contributed by atoms with E-state index >= 15 is 0 Å². The third-order valence-corrected chi connectivity index (χ3v) is 4.96. The molecule has 1 aliphatic rings. The van der Waals surface area contributed by atoms with Gasteiger partial charge < -0.3 is 10.2 Å². The summed E-state index contributed by atoms with van der Waals surface area (Å²) in [5.74, 6) is -0.594. The number of carbonyl (C=O) groups is 2. The van der Waals surface area contributed by atoms with Gasteiger partial charge in [-0.2, -0.15) is 0 Å². The van der Waals surface area contributed by atoms with Crippen LogP contribution in [0.25, 0.3) is 0 Å². The van der Waals surface area contributed by atoms with Crippen LogP contribution in [0.3, 0.4) is 0 Å². The molecule has 6 heteroatoms. The molecule has 2 atom stereocenters. The highest BCUT2D eigenvalue weighted by molar-refractivity contribution is 5.82. The van der Waals surface area contributed by atoms with Gasteiger partial charge in [-0.1, -0.05) is 18.2 Å². The van der Waals surface area contributed by atoms with Crippen LogP contribution in [0.4, 0.5) is 4.39 Å². The molecule has 3 rings (SSSR count). The van der Waals surface area contributed by atoms with Crippen LogP contribution in [0.2, 0.25) is 0 Å². The number of halogens is 1. The first-order chi connectivity index (χ1) is 13.0. The maximum absolute atomic E-state index is 13.0. The summed E-state index contributed by atoms with van der Waals surface area (Å²) in [5.41, 5.74) is 1.73. The Balaban J connectivity index is 1.55. The zero-order valence-electron chi connectivity index (χ0n) is 15.4. The fourth-order valence-electron chi connectivity index (χ4n) is 3.35. The lowest BCUT2D eigenvalue weighted by molar-refractivity contribution is -0.135. The number of carbonyl (C=O) groups excluding carboxylic acids is 2. The van der Waals surface area contributed by atoms with Crippen molar-refractivity contribution >= 4 is 11.8 Å². The van der Waals surface area contributed by atoms with E-state index in [1.807, 2.05) is 19.1 Å². The molecule has 1 aromatic carbocycles. The van der Waals surface area contributed by atoms with Gasteiger partial charge in [-0.3, -0.25) is 14.6 Å². The van der Waals surface area contributed by atoms with Crippen LogP contribution in [0.1, 0.15) is 36.9 Å². The molecule has 5 nitrogen and oxygen atoms in total. The topological polar surface area (TPSA) is 62.3 Å². The van der Waals surface area contributed by atoms with Crippen molar-refractivity contribution in [3.63, 3.8) is 0 Å². The van der Waals surface area contributed by atoms with Crippen molar-refractivity contribution in [2.24, 2.45) is 5.92 Å². The average Bonchev–Trinajstić information content (AvgIpc) is 2.70. The maximum atomic E-state index is 13.0. The minimum atomic E-state index is -0.316. The number of nitrogens with one attached hydrogen (secondary N) is 1. The lowest BCUT2D eigenvalue weighted by Crippen LogP contribution is -2.46. The van der Waals surface area contributed by atoms with E-state index in [-0.39, 0.29) is 36.0 Å². The number of hydrogen-bond acceptors (Lipinski definition) is 3. The molecule has 1 aliphatic heterocycles. The van der Waals surface area contributed by atoms with Crippen LogP contribution < -0.4 is 5.32 Å². The molecule has 0 spiro atoms. The summed E-state index contributed by atoms with van der Waals surface area (Å²) in [5, 5.41) is 3.02. The minimum absolute atomic E-state index is 0.0283. The van der Waals surface area contributed by atoms with Crippen LogP contribution >= 0.6 is 0 Å². The van der Waals surface area contributed by atoms with Crippen molar-refractivity contribution in [3.05, 3.63) is 65.7 Å². The number of likely N-dealkylation sites (tertiary alicyclic amines) is 1. The summed E-state index contributed by atoms with van der Waals surface area (Å²) in [4.78, 5) is 31.0. The van der Waals surface area contributed by atoms with Gasteiger partial charge >= 0.3 is 0 Å². The van der Waals surface area contributed by atoms with Gasteiger partial charge in [0.15, 0.2) is 0 Å². The molecular formula is C21H24FN3O2. The van der Waals surface area contributed by atoms with Crippen molar-refractivity contribution < 1.29 is 14.0 Å². The van der Waals surface area contributed by atoms with Gasteiger partial charge in [0.25, 0.3) is 0 Å². The predicted octanol–water partition coefficient (Wildman–Crippen LogP) is 2.88. The molecule has 1 fully saturated rings. The fourth-order valence-corrected chi connectivity index (χ4v) is 3.35. The molecule has 0 radical (unpaired) electrons. The first-order valence-electron chi connectivity index (χ1n) is 9.25. The third-order valence-electron chi connectivity index (χ3n) is 4.96. The average molecular weight is 369 g/mol. The van der Waals surface area contributed by atoms with Crippen LogP contribution in [0.15, 0.2) is 48.8 Å². The Hall–Kier alpha value is -2.76. The first-order valence-corrected chi connectivity index (χ1v) is 9.25. The summed E-state index contributed by atoms with van der Waals surface area (Å²) in [6.07, 6.45) is 5.23. The molecule has 1 N–H and O–H groups in total. The highest BCUT2D eigenvalue weighted by atomic mass is 19.1. The lowest BCUT2D eigenvalue weighted by atomic mass is 9.96. The van der Waals surface area contributed by atoms with E-state index in [2.05, 4.69) is 10.3 Å². The van der Waals surface area contributed by atoms with Crippen LogP contribution in [0.5, 0.6) is 0 Å². The summed E-state index contributed by atoms with van der Waals surface area (Å²) in [6.45, 7) is 3.00. The quantitative estimate of drug-likeness (QED) is 0.882. The van der Waals surface area contributed by atoms with Gasteiger partial charge in [-0.25, -0.2) is 4.39 Å². The van der Waals surface area contributed by atoms with Crippen molar-refractivity contribution in [1.82, 2.24) is 15.2 Å². The zero-order chi connectivity index (χ0) is 19.2. The van der Waals surface area contributed by atoms with Crippen LogP contribution in [-0.4, -0.2) is 34.8 Å². The maximum Gasteiger partial charge on any atom is 0.227 e. The molecule has 0 unspecified atom stereocenters. The number of rotatable bonds is 5. The number of hydrogen-bond donors (Lipinski definition) is 1. The smallest absolute Gasteiger partial charge is 0.227 e. The van der Waals surface area contributed by atoms with Crippen molar-refractivity contribution in [2.75, 3.05) is 13.1 Å². The van der Waals surface area contributed by atoms with E-state index in [1.165, 1.54) is 12.1 Å². The summed E-state index contributed by atoms with van der Waals surface area (Å²) in [6, 6.07) is 9.60. The molecule has 2 amide bonds. The minimum Gasteiger partial charge on any atom is -0.349 e. The van der Waals surface area contributed by atoms with Gasteiger partial charge in [-0.05, 0) is 49.1 Å². The van der Waals surface area contributed by atoms with Gasteiger partial charge in [0.1, 0.15) is 5.82 Å². The predicted molar refractivity (Wildman–Crippen MR) is 100 cm³/mol. The Bertz CT molecular complexity index is 780. The monoisotopic (exact) mass is 369 g/mol. The van der Waals surface area contributed by atoms with Crippen LogP contribution in [0, 0.1) is 11.7 Å². The second kappa shape index (κ2) is 8.75. The standard InChI is InChI=1S/C21H24FN3O2/c1-15(17-4-2-10-23-13-17)24-21(27)18-5-3-11-25(14-18)20(26)12-16-6-8-19(22)9-7-16/h2,4,6-10,13,15,18H,3,5,11-12,14H2,1H3,(H,24,27)/t15-,18-/m0/s1. The van der Waals surface area contributed by atoms with Crippen molar-refractivity contribution in [1.29, 1.82) is 0 Å². The molecule has 0 saturated carbocycles. The first kappa shape index (κ1) is 19.0. The Morgan fingerprint density at radius 1 is 1.30 bits per heavy atom. The zero-order valence-corrected chi connectivity index (χ0v) is 15.4. The van der Waals surface area contributed by atoms with E-state index in [0.717, 1.165) is 24.0 Å². The highest BCUT2D eigenvalue weighted by Gasteiger charge is 2.29. The van der Waals surface area contributed by atoms with E-state index in [4.69, 9.17) is 0 Å². The van der Waals surface area contributed by atoms with Gasteiger partial charge in [0, 0.05) is 25.5 Å². The molecule has 2 aromatic rings. The molecule has 1 saturated heterocycles. The van der Waals surface area contributed by atoms with E-state index in [9.17, 15) is 14.0 Å². The van der Waals surface area contributed by atoms with E-state index in [0.29, 0.717) is 13.1 Å². The summed E-state index contributed by atoms with van der Waals surface area (Å²) >= 11 is 0. The summed E-state index contributed by atoms with van der Waals surface area (Å²) in [7, 11) is 0. The van der Waals surface area contributed by atoms with Gasteiger partial charge in [0.2, 0.25) is 11.8 Å². The SMILES string of the molecule is C[C@H](NC(=O)[C@H]1CCCN(C(=O)Cc2ccc(F)cc2)C1)c1cccnc1. The Morgan fingerprint density at radius 3 is 2.78 bits per heavy atom. The van der Waals surface area contributed by atoms with Gasteiger partial charge in [0.05, 0.1) is 18.4 Å². The molecule has 0 aliphatic carbocycles. The van der Waals surface area contributed by atoms with Gasteiger partial charge in [-0.15, -0.1) is 0 Å². The molecule has 0 bridgehead atoms.